The molecule has 0 spiro atoms. The van der Waals surface area contributed by atoms with Crippen molar-refractivity contribution in [2.45, 2.75) is 13.5 Å². The molecule has 0 fully saturated rings. The molecule has 1 N–H and O–H groups in total. The molecule has 1 heterocycles. The standard InChI is InChI=1S/C24H18N2O4/c1-15(27)17-7-10-19(11-8-17)25-22(28)18-9-12-20-21(13-18)24(30)26(23(20)29)14-16-5-3-2-4-6-16/h2-13H,14H2,1H3,(H,25,28). The minimum Gasteiger partial charge on any atom is -0.322 e. The topological polar surface area (TPSA) is 83.6 Å². The van der Waals surface area contributed by atoms with Crippen molar-refractivity contribution in [3.8, 4) is 0 Å². The van der Waals surface area contributed by atoms with Crippen molar-refractivity contribution >= 4 is 29.2 Å². The molecule has 0 unspecified atom stereocenters. The molecule has 0 radical (unpaired) electrons. The number of ketones is 1. The van der Waals surface area contributed by atoms with Gasteiger partial charge in [-0.15, -0.1) is 0 Å². The van der Waals surface area contributed by atoms with Crippen molar-refractivity contribution in [2.75, 3.05) is 5.32 Å². The Hall–Kier alpha value is -4.06. The van der Waals surface area contributed by atoms with E-state index in [1.807, 2.05) is 30.3 Å². The fraction of sp³-hybridized carbons (Fsp3) is 0.0833. The Bertz CT molecular complexity index is 1170. The highest BCUT2D eigenvalue weighted by molar-refractivity contribution is 6.22. The number of amides is 3. The number of Topliss-reactive ketones (excluding diaryl/α,β-unsaturated/α-hetero) is 1. The highest BCUT2D eigenvalue weighted by atomic mass is 16.2. The molecule has 0 saturated carbocycles. The Balaban J connectivity index is 1.53. The van der Waals surface area contributed by atoms with E-state index in [-0.39, 0.29) is 29.4 Å². The number of nitrogens with zero attached hydrogens (tertiary/aromatic N) is 1. The predicted molar refractivity (Wildman–Crippen MR) is 111 cm³/mol. The smallest absolute Gasteiger partial charge is 0.261 e. The molecular weight excluding hydrogens is 380 g/mol. The lowest BCUT2D eigenvalue weighted by molar-refractivity contribution is 0.0642. The van der Waals surface area contributed by atoms with Crippen LogP contribution in [0.4, 0.5) is 5.69 Å². The molecular formula is C24H18N2O4. The van der Waals surface area contributed by atoms with Crippen molar-refractivity contribution in [3.63, 3.8) is 0 Å². The maximum atomic E-state index is 12.8. The van der Waals surface area contributed by atoms with Gasteiger partial charge in [-0.3, -0.25) is 24.1 Å². The zero-order valence-corrected chi connectivity index (χ0v) is 16.2. The molecule has 148 valence electrons. The van der Waals surface area contributed by atoms with Crippen LogP contribution in [0.5, 0.6) is 0 Å². The monoisotopic (exact) mass is 398 g/mol. The maximum Gasteiger partial charge on any atom is 0.261 e. The number of rotatable bonds is 5. The predicted octanol–water partition coefficient (Wildman–Crippen LogP) is 3.94. The maximum absolute atomic E-state index is 12.8. The second kappa shape index (κ2) is 7.75. The van der Waals surface area contributed by atoms with Gasteiger partial charge >= 0.3 is 0 Å². The van der Waals surface area contributed by atoms with Crippen LogP contribution in [0.25, 0.3) is 0 Å². The van der Waals surface area contributed by atoms with E-state index in [0.717, 1.165) is 5.56 Å². The summed E-state index contributed by atoms with van der Waals surface area (Å²) in [6, 6.07) is 20.3. The van der Waals surface area contributed by atoms with Gasteiger partial charge in [0.2, 0.25) is 0 Å². The zero-order chi connectivity index (χ0) is 21.3. The number of anilines is 1. The molecule has 1 aliphatic rings. The molecule has 4 rings (SSSR count). The summed E-state index contributed by atoms with van der Waals surface area (Å²) < 4.78 is 0. The van der Waals surface area contributed by atoms with Gasteiger partial charge in [0.15, 0.2) is 5.78 Å². The fourth-order valence-corrected chi connectivity index (χ4v) is 3.33. The summed E-state index contributed by atoms with van der Waals surface area (Å²) in [5.41, 5.74) is 2.70. The first-order chi connectivity index (χ1) is 14.4. The Labute approximate surface area is 173 Å². The summed E-state index contributed by atoms with van der Waals surface area (Å²) in [5.74, 6) is -1.25. The van der Waals surface area contributed by atoms with Crippen LogP contribution in [0.3, 0.4) is 0 Å². The Kier molecular flexibility index (Phi) is 4.98. The molecule has 3 aromatic carbocycles. The number of hydrogen-bond donors (Lipinski definition) is 1. The third-order valence-electron chi connectivity index (χ3n) is 4.97. The number of nitrogens with one attached hydrogen (secondary N) is 1. The largest absolute Gasteiger partial charge is 0.322 e. The second-order valence-corrected chi connectivity index (χ2v) is 7.03. The minimum atomic E-state index is -0.417. The van der Waals surface area contributed by atoms with Crippen LogP contribution in [0, 0.1) is 0 Å². The highest BCUT2D eigenvalue weighted by Crippen LogP contribution is 2.26. The first-order valence-electron chi connectivity index (χ1n) is 9.40. The molecule has 0 saturated heterocycles. The zero-order valence-electron chi connectivity index (χ0n) is 16.2. The Morgan fingerprint density at radius 3 is 2.10 bits per heavy atom. The average Bonchev–Trinajstić information content (AvgIpc) is 2.99. The number of carbonyl (C=O) groups is 4. The van der Waals surface area contributed by atoms with Crippen molar-refractivity contribution < 1.29 is 19.2 Å². The van der Waals surface area contributed by atoms with E-state index in [9.17, 15) is 19.2 Å². The van der Waals surface area contributed by atoms with Gasteiger partial charge in [-0.2, -0.15) is 0 Å². The van der Waals surface area contributed by atoms with Crippen LogP contribution in [0.1, 0.15) is 53.9 Å². The van der Waals surface area contributed by atoms with E-state index in [1.165, 1.54) is 30.0 Å². The number of hydrogen-bond acceptors (Lipinski definition) is 4. The van der Waals surface area contributed by atoms with Gasteiger partial charge in [-0.1, -0.05) is 30.3 Å². The van der Waals surface area contributed by atoms with Crippen LogP contribution in [0.2, 0.25) is 0 Å². The summed E-state index contributed by atoms with van der Waals surface area (Å²) in [6.07, 6.45) is 0. The first-order valence-corrected chi connectivity index (χ1v) is 9.40. The summed E-state index contributed by atoms with van der Waals surface area (Å²) in [5, 5.41) is 2.73. The molecule has 6 heteroatoms. The van der Waals surface area contributed by atoms with Crippen molar-refractivity contribution in [1.29, 1.82) is 0 Å². The number of fused-ring (bicyclic) bond motifs is 1. The van der Waals surface area contributed by atoms with Gasteiger partial charge in [0.05, 0.1) is 17.7 Å². The molecule has 6 nitrogen and oxygen atoms in total. The van der Waals surface area contributed by atoms with Gasteiger partial charge in [-0.25, -0.2) is 0 Å². The first kappa shape index (κ1) is 19.3. The SMILES string of the molecule is CC(=O)c1ccc(NC(=O)c2ccc3c(c2)C(=O)N(Cc2ccccc2)C3=O)cc1. The van der Waals surface area contributed by atoms with Gasteiger partial charge in [-0.05, 0) is 55.0 Å². The Morgan fingerprint density at radius 1 is 0.800 bits per heavy atom. The van der Waals surface area contributed by atoms with E-state index in [4.69, 9.17) is 0 Å². The Morgan fingerprint density at radius 2 is 1.43 bits per heavy atom. The van der Waals surface area contributed by atoms with Gasteiger partial charge in [0, 0.05) is 16.8 Å². The molecule has 1 aliphatic heterocycles. The lowest BCUT2D eigenvalue weighted by Gasteiger charge is -2.13. The molecule has 3 amide bonds. The lowest BCUT2D eigenvalue weighted by atomic mass is 10.1. The molecule has 3 aromatic rings. The van der Waals surface area contributed by atoms with E-state index in [2.05, 4.69) is 5.32 Å². The molecule has 0 bridgehead atoms. The second-order valence-electron chi connectivity index (χ2n) is 7.03. The lowest BCUT2D eigenvalue weighted by Crippen LogP contribution is -2.29. The number of imide groups is 1. The van der Waals surface area contributed by atoms with Gasteiger partial charge in [0.1, 0.15) is 0 Å². The van der Waals surface area contributed by atoms with Crippen molar-refractivity contribution in [1.82, 2.24) is 4.90 Å². The average molecular weight is 398 g/mol. The number of benzene rings is 3. The van der Waals surface area contributed by atoms with E-state index >= 15 is 0 Å². The normalized spacial score (nSPS) is 12.6. The van der Waals surface area contributed by atoms with E-state index in [1.54, 1.807) is 24.3 Å². The van der Waals surface area contributed by atoms with Crippen molar-refractivity contribution in [3.05, 3.63) is 101 Å². The van der Waals surface area contributed by atoms with Crippen LogP contribution in [-0.4, -0.2) is 28.4 Å². The van der Waals surface area contributed by atoms with E-state index in [0.29, 0.717) is 16.8 Å². The van der Waals surface area contributed by atoms with Crippen LogP contribution in [0.15, 0.2) is 72.8 Å². The van der Waals surface area contributed by atoms with Crippen LogP contribution >= 0.6 is 0 Å². The minimum absolute atomic E-state index is 0.0604. The fourth-order valence-electron chi connectivity index (χ4n) is 3.33. The van der Waals surface area contributed by atoms with E-state index < -0.39 is 11.8 Å². The van der Waals surface area contributed by atoms with Crippen LogP contribution < -0.4 is 5.32 Å². The van der Waals surface area contributed by atoms with Gasteiger partial charge in [0.25, 0.3) is 17.7 Å². The van der Waals surface area contributed by atoms with Gasteiger partial charge < -0.3 is 5.32 Å². The molecule has 0 aromatic heterocycles. The molecule has 0 aliphatic carbocycles. The third kappa shape index (κ3) is 3.63. The highest BCUT2D eigenvalue weighted by Gasteiger charge is 2.36. The molecule has 30 heavy (non-hydrogen) atoms. The third-order valence-corrected chi connectivity index (χ3v) is 4.97. The molecule has 0 atom stereocenters. The quantitative estimate of drug-likeness (QED) is 0.521. The summed E-state index contributed by atoms with van der Waals surface area (Å²) in [7, 11) is 0. The van der Waals surface area contributed by atoms with Crippen LogP contribution in [-0.2, 0) is 6.54 Å². The summed E-state index contributed by atoms with van der Waals surface area (Å²) in [4.78, 5) is 50.6. The number of carbonyl (C=O) groups excluding carboxylic acids is 4. The summed E-state index contributed by atoms with van der Waals surface area (Å²) >= 11 is 0. The van der Waals surface area contributed by atoms with Crippen molar-refractivity contribution in [2.24, 2.45) is 0 Å². The summed E-state index contributed by atoms with van der Waals surface area (Å²) in [6.45, 7) is 1.65.